The molecule has 70 valence electrons. The zero-order valence-corrected chi connectivity index (χ0v) is 9.79. The fourth-order valence-corrected chi connectivity index (χ4v) is 2.32. The second-order valence-corrected chi connectivity index (χ2v) is 4.14. The number of nitrogen functional groups attached to an aromatic ring is 1. The van der Waals surface area contributed by atoms with Crippen molar-refractivity contribution in [2.75, 3.05) is 5.73 Å². The Bertz CT molecular complexity index is 379. The number of anilines is 1. The van der Waals surface area contributed by atoms with E-state index < -0.39 is 0 Å². The molecule has 0 unspecified atom stereocenters. The van der Waals surface area contributed by atoms with E-state index in [0.29, 0.717) is 15.2 Å². The quantitative estimate of drug-likeness (QED) is 0.632. The van der Waals surface area contributed by atoms with Crippen molar-refractivity contribution in [2.45, 2.75) is 6.92 Å². The first-order valence-electron chi connectivity index (χ1n) is 3.39. The molecular formula is C8H6BrCl2NO. The van der Waals surface area contributed by atoms with Gasteiger partial charge in [-0.15, -0.1) is 0 Å². The summed E-state index contributed by atoms with van der Waals surface area (Å²) in [6, 6.07) is 1.56. The Morgan fingerprint density at radius 1 is 1.54 bits per heavy atom. The zero-order chi connectivity index (χ0) is 10.2. The smallest absolute Gasteiger partial charge is 0.162 e. The molecule has 1 rings (SSSR count). The minimum absolute atomic E-state index is 0.200. The lowest BCUT2D eigenvalue weighted by Crippen LogP contribution is -1.99. The van der Waals surface area contributed by atoms with E-state index in [1.165, 1.54) is 6.92 Å². The number of carbonyl (C=O) groups excluding carboxylic acids is 1. The SMILES string of the molecule is CC(=O)c1c(Cl)cc(Br)c(N)c1Cl. The molecule has 0 aliphatic carbocycles. The molecule has 0 aliphatic rings. The third-order valence-corrected chi connectivity index (χ3v) is 2.90. The van der Waals surface area contributed by atoms with Crippen LogP contribution in [0.2, 0.25) is 10.0 Å². The second kappa shape index (κ2) is 3.86. The Hall–Kier alpha value is -0.250. The van der Waals surface area contributed by atoms with Crippen LogP contribution in [0.25, 0.3) is 0 Å². The van der Waals surface area contributed by atoms with Crippen LogP contribution in [0.3, 0.4) is 0 Å². The molecule has 0 aliphatic heterocycles. The molecule has 0 heterocycles. The van der Waals surface area contributed by atoms with Crippen LogP contribution in [-0.4, -0.2) is 5.78 Å². The Balaban J connectivity index is 3.53. The molecule has 5 heteroatoms. The van der Waals surface area contributed by atoms with Gasteiger partial charge in [-0.1, -0.05) is 23.2 Å². The van der Waals surface area contributed by atoms with Gasteiger partial charge in [0.2, 0.25) is 0 Å². The molecule has 0 radical (unpaired) electrons. The molecule has 0 atom stereocenters. The summed E-state index contributed by atoms with van der Waals surface area (Å²) >= 11 is 14.8. The maximum atomic E-state index is 11.1. The first-order chi connectivity index (χ1) is 5.95. The van der Waals surface area contributed by atoms with Gasteiger partial charge in [0.05, 0.1) is 21.3 Å². The lowest BCUT2D eigenvalue weighted by Gasteiger charge is -2.07. The van der Waals surface area contributed by atoms with Crippen LogP contribution in [0, 0.1) is 0 Å². The average molecular weight is 283 g/mol. The van der Waals surface area contributed by atoms with Crippen molar-refractivity contribution < 1.29 is 4.79 Å². The molecule has 0 bridgehead atoms. The molecule has 0 aromatic heterocycles. The molecular weight excluding hydrogens is 277 g/mol. The van der Waals surface area contributed by atoms with Crippen molar-refractivity contribution in [2.24, 2.45) is 0 Å². The van der Waals surface area contributed by atoms with E-state index in [4.69, 9.17) is 28.9 Å². The van der Waals surface area contributed by atoms with E-state index >= 15 is 0 Å². The molecule has 2 nitrogen and oxygen atoms in total. The third-order valence-electron chi connectivity index (χ3n) is 1.56. The summed E-state index contributed by atoms with van der Waals surface area (Å²) in [7, 11) is 0. The topological polar surface area (TPSA) is 43.1 Å². The summed E-state index contributed by atoms with van der Waals surface area (Å²) in [5.74, 6) is -0.200. The Morgan fingerprint density at radius 3 is 2.54 bits per heavy atom. The van der Waals surface area contributed by atoms with E-state index in [-0.39, 0.29) is 16.4 Å². The molecule has 1 aromatic rings. The van der Waals surface area contributed by atoms with Gasteiger partial charge in [0.1, 0.15) is 0 Å². The van der Waals surface area contributed by atoms with Gasteiger partial charge in [-0.2, -0.15) is 0 Å². The predicted octanol–water partition coefficient (Wildman–Crippen LogP) is 3.54. The van der Waals surface area contributed by atoms with E-state index in [1.54, 1.807) is 6.07 Å². The van der Waals surface area contributed by atoms with Crippen molar-refractivity contribution in [1.29, 1.82) is 0 Å². The second-order valence-electron chi connectivity index (χ2n) is 2.50. The van der Waals surface area contributed by atoms with Crippen LogP contribution in [0.5, 0.6) is 0 Å². The molecule has 2 N–H and O–H groups in total. The van der Waals surface area contributed by atoms with Crippen LogP contribution >= 0.6 is 39.1 Å². The van der Waals surface area contributed by atoms with Gasteiger partial charge in [0.25, 0.3) is 0 Å². The maximum absolute atomic E-state index is 11.1. The summed E-state index contributed by atoms with van der Waals surface area (Å²) in [4.78, 5) is 11.1. The largest absolute Gasteiger partial charge is 0.397 e. The molecule has 0 amide bonds. The number of ketones is 1. The highest BCUT2D eigenvalue weighted by atomic mass is 79.9. The number of benzene rings is 1. The third kappa shape index (κ3) is 1.98. The summed E-state index contributed by atoms with van der Waals surface area (Å²) in [6.07, 6.45) is 0. The number of carbonyl (C=O) groups is 1. The van der Waals surface area contributed by atoms with Crippen molar-refractivity contribution in [1.82, 2.24) is 0 Å². The molecule has 0 fully saturated rings. The van der Waals surface area contributed by atoms with Gasteiger partial charge in [-0.3, -0.25) is 4.79 Å². The average Bonchev–Trinajstić information content (AvgIpc) is 1.99. The van der Waals surface area contributed by atoms with Crippen LogP contribution in [0.15, 0.2) is 10.5 Å². The lowest BCUT2D eigenvalue weighted by molar-refractivity contribution is 0.101. The van der Waals surface area contributed by atoms with Crippen molar-refractivity contribution in [3.05, 3.63) is 26.1 Å². The van der Waals surface area contributed by atoms with Gasteiger partial charge < -0.3 is 5.73 Å². The van der Waals surface area contributed by atoms with Crippen LogP contribution < -0.4 is 5.73 Å². The molecule has 0 spiro atoms. The minimum atomic E-state index is -0.200. The fraction of sp³-hybridized carbons (Fsp3) is 0.125. The Morgan fingerprint density at radius 2 is 2.08 bits per heavy atom. The highest BCUT2D eigenvalue weighted by Gasteiger charge is 2.15. The number of hydrogen-bond donors (Lipinski definition) is 1. The number of rotatable bonds is 1. The fourth-order valence-electron chi connectivity index (χ4n) is 0.928. The first-order valence-corrected chi connectivity index (χ1v) is 4.94. The Labute approximate surface area is 94.1 Å². The Kier molecular flexibility index (Phi) is 3.22. The standard InChI is InChI=1S/C8H6BrCl2NO/c1-3(13)6-5(10)2-4(9)8(12)7(6)11/h2H,12H2,1H3. The van der Waals surface area contributed by atoms with Gasteiger partial charge in [-0.25, -0.2) is 0 Å². The van der Waals surface area contributed by atoms with Crippen LogP contribution in [-0.2, 0) is 0 Å². The van der Waals surface area contributed by atoms with Crippen molar-refractivity contribution in [3.63, 3.8) is 0 Å². The highest BCUT2D eigenvalue weighted by Crippen LogP contribution is 2.36. The van der Waals surface area contributed by atoms with E-state index in [1.807, 2.05) is 0 Å². The number of nitrogens with two attached hydrogens (primary N) is 1. The van der Waals surface area contributed by atoms with Crippen molar-refractivity contribution in [3.8, 4) is 0 Å². The van der Waals surface area contributed by atoms with Crippen molar-refractivity contribution >= 4 is 50.6 Å². The van der Waals surface area contributed by atoms with E-state index in [0.717, 1.165) is 0 Å². The van der Waals surface area contributed by atoms with Gasteiger partial charge in [0.15, 0.2) is 5.78 Å². The van der Waals surface area contributed by atoms with Crippen LogP contribution in [0.1, 0.15) is 17.3 Å². The molecule has 13 heavy (non-hydrogen) atoms. The number of hydrogen-bond acceptors (Lipinski definition) is 2. The predicted molar refractivity (Wildman–Crippen MR) is 58.6 cm³/mol. The molecule has 1 aromatic carbocycles. The summed E-state index contributed by atoms with van der Waals surface area (Å²) in [5.41, 5.74) is 6.20. The summed E-state index contributed by atoms with van der Waals surface area (Å²) < 4.78 is 0.590. The number of halogens is 3. The maximum Gasteiger partial charge on any atom is 0.162 e. The highest BCUT2D eigenvalue weighted by molar-refractivity contribution is 9.10. The van der Waals surface area contributed by atoms with Gasteiger partial charge in [-0.05, 0) is 28.9 Å². The monoisotopic (exact) mass is 281 g/mol. The first kappa shape index (κ1) is 10.8. The summed E-state index contributed by atoms with van der Waals surface area (Å²) in [6.45, 7) is 1.39. The normalized spacial score (nSPS) is 10.2. The molecule has 0 saturated heterocycles. The molecule has 0 saturated carbocycles. The summed E-state index contributed by atoms with van der Waals surface area (Å²) in [5, 5.41) is 0.505. The lowest BCUT2D eigenvalue weighted by atomic mass is 10.1. The van der Waals surface area contributed by atoms with Crippen LogP contribution in [0.4, 0.5) is 5.69 Å². The van der Waals surface area contributed by atoms with E-state index in [2.05, 4.69) is 15.9 Å². The minimum Gasteiger partial charge on any atom is -0.397 e. The van der Waals surface area contributed by atoms with Gasteiger partial charge in [0, 0.05) is 4.47 Å². The van der Waals surface area contributed by atoms with Gasteiger partial charge >= 0.3 is 0 Å². The zero-order valence-electron chi connectivity index (χ0n) is 6.70. The number of Topliss-reactive ketones (excluding diaryl/α,β-unsaturated/α-hetero) is 1. The van der Waals surface area contributed by atoms with E-state index in [9.17, 15) is 4.79 Å².